The van der Waals surface area contributed by atoms with E-state index in [0.717, 1.165) is 34.6 Å². The fourth-order valence-corrected chi connectivity index (χ4v) is 5.69. The number of aliphatic hydroxyl groups excluding tert-OH is 2. The van der Waals surface area contributed by atoms with Gasteiger partial charge in [0.15, 0.2) is 29.5 Å². The van der Waals surface area contributed by atoms with Gasteiger partial charge < -0.3 is 46.4 Å². The van der Waals surface area contributed by atoms with E-state index in [1.807, 2.05) is 6.07 Å². The Kier molecular flexibility index (Phi) is 13.1. The lowest BCUT2D eigenvalue weighted by atomic mass is 9.84. The number of aliphatic hydroxyl groups is 2. The molecule has 2 aliphatic heterocycles. The Bertz CT molecular complexity index is 1490. The van der Waals surface area contributed by atoms with E-state index < -0.39 is 41.2 Å². The summed E-state index contributed by atoms with van der Waals surface area (Å²) in [5, 5.41) is 29.1. The maximum absolute atomic E-state index is 13.4. The summed E-state index contributed by atoms with van der Waals surface area (Å²) in [6, 6.07) is 4.45. The minimum Gasteiger partial charge on any atom is -0.485 e. The number of amides is 2. The van der Waals surface area contributed by atoms with Gasteiger partial charge in [0.05, 0.1) is 11.6 Å². The molecule has 1 aromatic carbocycles. The van der Waals surface area contributed by atoms with E-state index in [1.165, 1.54) is 12.3 Å². The summed E-state index contributed by atoms with van der Waals surface area (Å²) in [5.74, 6) is -0.281. The maximum atomic E-state index is 13.4. The van der Waals surface area contributed by atoms with Gasteiger partial charge in [-0.2, -0.15) is 9.35 Å². The highest BCUT2D eigenvalue weighted by atomic mass is 32.2. The van der Waals surface area contributed by atoms with Gasteiger partial charge in [-0.15, -0.1) is 11.3 Å². The van der Waals surface area contributed by atoms with Crippen molar-refractivity contribution in [3.63, 3.8) is 0 Å². The number of amidine groups is 1. The number of nitrogen functional groups attached to an aromatic ring is 1. The van der Waals surface area contributed by atoms with E-state index in [-0.39, 0.29) is 42.0 Å². The first kappa shape index (κ1) is 37.6. The number of aliphatic imine (C=N–C) groups is 1. The number of nitrogens with two attached hydrogens (primary N) is 2. The Balaban J connectivity index is 0.00000294. The zero-order valence-electron chi connectivity index (χ0n) is 26.5. The number of aromatic nitrogens is 1. The summed E-state index contributed by atoms with van der Waals surface area (Å²) in [7, 11) is 2.63. The molecule has 2 amide bonds. The van der Waals surface area contributed by atoms with Crippen LogP contribution in [0.15, 0.2) is 33.7 Å². The van der Waals surface area contributed by atoms with Crippen LogP contribution in [0.4, 0.5) is 5.13 Å². The van der Waals surface area contributed by atoms with E-state index in [0.29, 0.717) is 30.7 Å². The molecular formula is C28H40N8O9S2. The first-order valence-corrected chi connectivity index (χ1v) is 15.9. The van der Waals surface area contributed by atoms with Gasteiger partial charge in [-0.25, -0.2) is 4.98 Å². The SMILES string of the molecule is CN=C(NCC(O)CN)c1ccc2c(c1)CCC(C(C)(C=O)O/N=C(\C(=O)NC1C(=O)N(OSO)C1(C)C)c1csc(N)n1)O2.CO. The molecule has 3 heterocycles. The number of fused-ring (bicyclic) bond motifs is 1. The van der Waals surface area contributed by atoms with Crippen LogP contribution in [0.1, 0.15) is 44.0 Å². The number of ether oxygens (including phenoxy) is 1. The fraction of sp³-hybridized carbons (Fsp3) is 0.500. The van der Waals surface area contributed by atoms with E-state index in [2.05, 4.69) is 25.8 Å². The Hall–Kier alpha value is -3.85. The first-order chi connectivity index (χ1) is 22.4. The van der Waals surface area contributed by atoms with Gasteiger partial charge in [-0.3, -0.25) is 19.4 Å². The van der Waals surface area contributed by atoms with Crippen molar-refractivity contribution in [3.05, 3.63) is 40.4 Å². The predicted molar refractivity (Wildman–Crippen MR) is 176 cm³/mol. The zero-order chi connectivity index (χ0) is 34.9. The van der Waals surface area contributed by atoms with Gasteiger partial charge in [-0.05, 0) is 57.4 Å². The number of benzene rings is 1. The average Bonchev–Trinajstić information content (AvgIpc) is 3.51. The molecule has 19 heteroatoms. The summed E-state index contributed by atoms with van der Waals surface area (Å²) in [4.78, 5) is 52.5. The van der Waals surface area contributed by atoms with Crippen LogP contribution in [0.3, 0.4) is 0 Å². The third-order valence-electron chi connectivity index (χ3n) is 7.53. The third-order valence-corrected chi connectivity index (χ3v) is 8.42. The molecule has 0 radical (unpaired) electrons. The van der Waals surface area contributed by atoms with Gasteiger partial charge in [-0.1, -0.05) is 5.16 Å². The van der Waals surface area contributed by atoms with Crippen molar-refractivity contribution in [3.8, 4) is 5.75 Å². The largest absolute Gasteiger partial charge is 0.485 e. The lowest BCUT2D eigenvalue weighted by molar-refractivity contribution is -0.214. The molecule has 2 aromatic rings. The number of nitrogens with zero attached hydrogens (tertiary/aromatic N) is 4. The average molecular weight is 697 g/mol. The normalized spacial score (nSPS) is 20.7. The van der Waals surface area contributed by atoms with Crippen molar-refractivity contribution >= 4 is 58.4 Å². The highest BCUT2D eigenvalue weighted by molar-refractivity contribution is 7.88. The van der Waals surface area contributed by atoms with Crippen molar-refractivity contribution in [2.75, 3.05) is 33.0 Å². The standard InChI is InChI=1S/C27H36N8O8S2.CH4O/c1-26(2)21(24(39)35(26)43-45-40)33-23(38)20(17-12-44-25(29)32-17)34-42-27(3,13-36)19-8-6-14-9-15(5-7-18(14)41-19)22(30-4)31-11-16(37)10-28;1-2/h5,7,9,12-13,16,19,21,37,40H,6,8,10-11,28H2,1-4H3,(H2,29,32)(H,30,31)(H,33,38);2H,1H3/b34-20-;. The molecular weight excluding hydrogens is 656 g/mol. The molecule has 4 rings (SSSR count). The quantitative estimate of drug-likeness (QED) is 0.0359. The van der Waals surface area contributed by atoms with E-state index in [9.17, 15) is 19.5 Å². The number of carbonyl (C=O) groups is 3. The van der Waals surface area contributed by atoms with Gasteiger partial charge in [0, 0.05) is 38.2 Å². The van der Waals surface area contributed by atoms with Crippen LogP contribution in [-0.2, 0) is 29.9 Å². The van der Waals surface area contributed by atoms with Gasteiger partial charge in [0.1, 0.15) is 29.4 Å². The number of hydroxylamine groups is 2. The number of thiazole rings is 1. The lowest BCUT2D eigenvalue weighted by Crippen LogP contribution is -2.76. The molecule has 1 fully saturated rings. The number of hydrogen-bond acceptors (Lipinski definition) is 16. The second-order valence-corrected chi connectivity index (χ2v) is 12.2. The number of anilines is 1. The molecule has 9 N–H and O–H groups in total. The molecule has 47 heavy (non-hydrogen) atoms. The van der Waals surface area contributed by atoms with Crippen molar-refractivity contribution in [2.45, 2.75) is 63.0 Å². The maximum Gasteiger partial charge on any atom is 0.276 e. The van der Waals surface area contributed by atoms with Crippen molar-refractivity contribution in [2.24, 2.45) is 15.9 Å². The molecule has 17 nitrogen and oxygen atoms in total. The Morgan fingerprint density at radius 2 is 2.13 bits per heavy atom. The van der Waals surface area contributed by atoms with Gasteiger partial charge >= 0.3 is 0 Å². The van der Waals surface area contributed by atoms with Crippen molar-refractivity contribution in [1.29, 1.82) is 0 Å². The molecule has 1 aromatic heterocycles. The lowest BCUT2D eigenvalue weighted by Gasteiger charge is -2.50. The van der Waals surface area contributed by atoms with Crippen LogP contribution in [0.2, 0.25) is 0 Å². The summed E-state index contributed by atoms with van der Waals surface area (Å²) in [6.07, 6.45) is -0.0107. The van der Waals surface area contributed by atoms with Gasteiger partial charge in [0.2, 0.25) is 5.60 Å². The topological polar surface area (TPSA) is 257 Å². The monoisotopic (exact) mass is 696 g/mol. The number of β-lactam (4-membered cyclic amide) rings is 1. The summed E-state index contributed by atoms with van der Waals surface area (Å²) in [5.41, 5.74) is 10.1. The summed E-state index contributed by atoms with van der Waals surface area (Å²) >= 11 is 1.07. The van der Waals surface area contributed by atoms with Crippen LogP contribution in [0.5, 0.6) is 5.75 Å². The van der Waals surface area contributed by atoms with E-state index in [1.54, 1.807) is 33.0 Å². The number of aldehydes is 1. The first-order valence-electron chi connectivity index (χ1n) is 14.3. The molecule has 2 aliphatic rings. The zero-order valence-corrected chi connectivity index (χ0v) is 28.1. The fourth-order valence-electron chi connectivity index (χ4n) is 4.81. The number of carbonyl (C=O) groups excluding carboxylic acids is 3. The Labute approximate surface area is 279 Å². The Morgan fingerprint density at radius 3 is 2.70 bits per heavy atom. The summed E-state index contributed by atoms with van der Waals surface area (Å²) < 4.78 is 20.0. The molecule has 4 atom stereocenters. The highest BCUT2D eigenvalue weighted by Gasteiger charge is 2.57. The van der Waals surface area contributed by atoms with Crippen LogP contribution in [0.25, 0.3) is 0 Å². The number of oxime groups is 1. The number of hydrogen-bond donors (Lipinski definition) is 7. The number of rotatable bonds is 13. The minimum absolute atomic E-state index is 0.00841. The smallest absolute Gasteiger partial charge is 0.276 e. The van der Waals surface area contributed by atoms with E-state index >= 15 is 0 Å². The van der Waals surface area contributed by atoms with Crippen molar-refractivity contribution < 1.29 is 43.0 Å². The van der Waals surface area contributed by atoms with Gasteiger partial charge in [0.25, 0.3) is 11.8 Å². The number of nitrogens with one attached hydrogen (secondary N) is 2. The minimum atomic E-state index is -1.62. The second-order valence-electron chi connectivity index (χ2n) is 11.1. The number of aryl methyl sites for hydroxylation is 1. The van der Waals surface area contributed by atoms with Crippen LogP contribution in [-0.4, -0.2) is 111 Å². The van der Waals surface area contributed by atoms with E-state index in [4.69, 9.17) is 35.0 Å². The van der Waals surface area contributed by atoms with Crippen LogP contribution in [0, 0.1) is 0 Å². The molecule has 4 unspecified atom stereocenters. The molecule has 0 bridgehead atoms. The molecule has 0 spiro atoms. The summed E-state index contributed by atoms with van der Waals surface area (Å²) in [6.45, 7) is 5.12. The van der Waals surface area contributed by atoms with Crippen LogP contribution >= 0.6 is 23.7 Å². The Morgan fingerprint density at radius 1 is 1.40 bits per heavy atom. The van der Waals surface area contributed by atoms with Crippen LogP contribution < -0.4 is 26.8 Å². The highest BCUT2D eigenvalue weighted by Crippen LogP contribution is 2.35. The molecule has 0 aliphatic carbocycles. The third kappa shape index (κ3) is 8.36. The molecule has 258 valence electrons. The second kappa shape index (κ2) is 16.3. The van der Waals surface area contributed by atoms with Crippen molar-refractivity contribution in [1.82, 2.24) is 20.7 Å². The molecule has 1 saturated heterocycles. The molecule has 0 saturated carbocycles. The predicted octanol–water partition coefficient (Wildman–Crippen LogP) is -0.150.